The number of aliphatic carboxylic acids is 1. The molecule has 0 atom stereocenters. The van der Waals surface area contributed by atoms with Gasteiger partial charge in [0.1, 0.15) is 0 Å². The number of carbonyl (C=O) groups is 1. The third-order valence-electron chi connectivity index (χ3n) is 2.50. The molecule has 0 saturated carbocycles. The minimum absolute atomic E-state index is 0.0124. The fraction of sp³-hybridized carbons (Fsp3) is 0.273. The van der Waals surface area contributed by atoms with E-state index in [-0.39, 0.29) is 13.0 Å². The lowest BCUT2D eigenvalue weighted by molar-refractivity contribution is -0.137. The highest BCUT2D eigenvalue weighted by Crippen LogP contribution is 2.28. The van der Waals surface area contributed by atoms with Crippen molar-refractivity contribution in [2.75, 3.05) is 0 Å². The Morgan fingerprint density at radius 1 is 1.50 bits per heavy atom. The average Bonchev–Trinajstić information content (AvgIpc) is 2.78. The van der Waals surface area contributed by atoms with Crippen LogP contribution in [0.1, 0.15) is 12.0 Å². The lowest BCUT2D eigenvalue weighted by atomic mass is 10.1. The molecule has 18 heavy (non-hydrogen) atoms. The van der Waals surface area contributed by atoms with E-state index in [0.29, 0.717) is 5.82 Å². The molecule has 0 bridgehead atoms. The van der Waals surface area contributed by atoms with Crippen LogP contribution in [-0.2, 0) is 11.3 Å². The highest BCUT2D eigenvalue weighted by Gasteiger charge is 2.13. The van der Waals surface area contributed by atoms with Crippen LogP contribution in [0.3, 0.4) is 0 Å². The van der Waals surface area contributed by atoms with E-state index in [9.17, 15) is 4.79 Å². The van der Waals surface area contributed by atoms with E-state index in [1.807, 2.05) is 25.1 Å². The molecule has 0 saturated heterocycles. The molecule has 0 fully saturated rings. The van der Waals surface area contributed by atoms with Gasteiger partial charge in [-0.1, -0.05) is 12.1 Å². The number of hydrogen-bond donors (Lipinski definition) is 1. The zero-order valence-corrected chi connectivity index (χ0v) is 11.3. The number of nitrogens with zero attached hydrogens (tertiary/aromatic N) is 4. The number of benzene rings is 1. The van der Waals surface area contributed by atoms with Crippen molar-refractivity contribution in [2.45, 2.75) is 19.9 Å². The molecule has 0 amide bonds. The van der Waals surface area contributed by atoms with Crippen molar-refractivity contribution in [1.82, 2.24) is 20.2 Å². The van der Waals surface area contributed by atoms with Gasteiger partial charge in [-0.05, 0) is 44.9 Å². The summed E-state index contributed by atoms with van der Waals surface area (Å²) in [4.78, 5) is 10.6. The Hall–Kier alpha value is -1.76. The Morgan fingerprint density at radius 2 is 2.28 bits per heavy atom. The normalized spacial score (nSPS) is 10.6. The highest BCUT2D eigenvalue weighted by molar-refractivity contribution is 9.10. The number of carboxylic acids is 1. The number of rotatable bonds is 4. The molecule has 1 aromatic carbocycles. The summed E-state index contributed by atoms with van der Waals surface area (Å²) in [5.74, 6) is -0.313. The Labute approximate surface area is 112 Å². The SMILES string of the molecule is Cc1cccc(-c2nnnn2CCC(=O)O)c1Br. The lowest BCUT2D eigenvalue weighted by Crippen LogP contribution is -2.08. The summed E-state index contributed by atoms with van der Waals surface area (Å²) in [6.45, 7) is 2.22. The van der Waals surface area contributed by atoms with Crippen molar-refractivity contribution >= 4 is 21.9 Å². The molecular formula is C11H11BrN4O2. The number of aryl methyl sites for hydroxylation is 2. The Balaban J connectivity index is 2.36. The van der Waals surface area contributed by atoms with Crippen LogP contribution in [0.5, 0.6) is 0 Å². The number of halogens is 1. The van der Waals surface area contributed by atoms with Gasteiger partial charge in [0.05, 0.1) is 13.0 Å². The van der Waals surface area contributed by atoms with Crippen molar-refractivity contribution in [3.05, 3.63) is 28.2 Å². The first-order valence-corrected chi connectivity index (χ1v) is 6.12. The summed E-state index contributed by atoms with van der Waals surface area (Å²) in [5, 5.41) is 20.0. The molecule has 2 aromatic rings. The second-order valence-electron chi connectivity index (χ2n) is 3.81. The third-order valence-corrected chi connectivity index (χ3v) is 3.55. The smallest absolute Gasteiger partial charge is 0.305 e. The third kappa shape index (κ3) is 2.56. The van der Waals surface area contributed by atoms with E-state index in [4.69, 9.17) is 5.11 Å². The molecule has 7 heteroatoms. The molecule has 6 nitrogen and oxygen atoms in total. The largest absolute Gasteiger partial charge is 0.481 e. The zero-order chi connectivity index (χ0) is 13.1. The molecule has 0 aliphatic heterocycles. The van der Waals surface area contributed by atoms with Gasteiger partial charge < -0.3 is 5.11 Å². The van der Waals surface area contributed by atoms with Crippen LogP contribution in [0.2, 0.25) is 0 Å². The van der Waals surface area contributed by atoms with Gasteiger partial charge in [0.15, 0.2) is 5.82 Å². The van der Waals surface area contributed by atoms with Crippen LogP contribution in [0.4, 0.5) is 0 Å². The van der Waals surface area contributed by atoms with Gasteiger partial charge in [-0.2, -0.15) is 0 Å². The number of hydrogen-bond acceptors (Lipinski definition) is 4. The molecule has 0 unspecified atom stereocenters. The van der Waals surface area contributed by atoms with Gasteiger partial charge in [0, 0.05) is 10.0 Å². The van der Waals surface area contributed by atoms with Crippen LogP contribution >= 0.6 is 15.9 Å². The minimum atomic E-state index is -0.875. The number of aromatic nitrogens is 4. The summed E-state index contributed by atoms with van der Waals surface area (Å²) >= 11 is 3.49. The minimum Gasteiger partial charge on any atom is -0.481 e. The maximum atomic E-state index is 10.6. The zero-order valence-electron chi connectivity index (χ0n) is 9.67. The summed E-state index contributed by atoms with van der Waals surface area (Å²) in [6.07, 6.45) is -0.0124. The summed E-state index contributed by atoms with van der Waals surface area (Å²) in [5.41, 5.74) is 1.92. The van der Waals surface area contributed by atoms with Gasteiger partial charge in [0.2, 0.25) is 0 Å². The molecule has 0 aliphatic carbocycles. The lowest BCUT2D eigenvalue weighted by Gasteiger charge is -2.06. The first-order chi connectivity index (χ1) is 8.59. The van der Waals surface area contributed by atoms with Crippen molar-refractivity contribution < 1.29 is 9.90 Å². The van der Waals surface area contributed by atoms with Crippen LogP contribution < -0.4 is 0 Å². The van der Waals surface area contributed by atoms with Crippen LogP contribution in [0.25, 0.3) is 11.4 Å². The van der Waals surface area contributed by atoms with Gasteiger partial charge in [-0.3, -0.25) is 4.79 Å². The number of tetrazole rings is 1. The first kappa shape index (κ1) is 12.7. The van der Waals surface area contributed by atoms with Gasteiger partial charge in [-0.25, -0.2) is 4.68 Å². The second-order valence-corrected chi connectivity index (χ2v) is 4.60. The maximum Gasteiger partial charge on any atom is 0.305 e. The molecule has 1 aromatic heterocycles. The standard InChI is InChI=1S/C11H11BrN4O2/c1-7-3-2-4-8(10(7)12)11-13-14-15-16(11)6-5-9(17)18/h2-4H,5-6H2,1H3,(H,17,18). The molecule has 0 aliphatic rings. The average molecular weight is 311 g/mol. The Bertz CT molecular complexity index is 582. The fourth-order valence-corrected chi connectivity index (χ4v) is 2.01. The van der Waals surface area contributed by atoms with Crippen molar-refractivity contribution in [3.8, 4) is 11.4 Å². The predicted molar refractivity (Wildman–Crippen MR) is 67.9 cm³/mol. The van der Waals surface area contributed by atoms with E-state index in [2.05, 4.69) is 31.5 Å². The highest BCUT2D eigenvalue weighted by atomic mass is 79.9. The van der Waals surface area contributed by atoms with Crippen LogP contribution in [0, 0.1) is 6.92 Å². The molecular weight excluding hydrogens is 300 g/mol. The topological polar surface area (TPSA) is 80.9 Å². The first-order valence-electron chi connectivity index (χ1n) is 5.33. The second kappa shape index (κ2) is 5.26. The fourth-order valence-electron chi connectivity index (χ4n) is 1.57. The van der Waals surface area contributed by atoms with Crippen molar-refractivity contribution in [1.29, 1.82) is 0 Å². The summed E-state index contributed by atoms with van der Waals surface area (Å²) in [7, 11) is 0. The summed E-state index contributed by atoms with van der Waals surface area (Å²) < 4.78 is 2.41. The Kier molecular flexibility index (Phi) is 3.71. The van der Waals surface area contributed by atoms with Gasteiger partial charge in [0.25, 0.3) is 0 Å². The molecule has 1 heterocycles. The van der Waals surface area contributed by atoms with Gasteiger partial charge in [-0.15, -0.1) is 5.10 Å². The monoisotopic (exact) mass is 310 g/mol. The molecule has 2 rings (SSSR count). The Morgan fingerprint density at radius 3 is 3.00 bits per heavy atom. The van der Waals surface area contributed by atoms with Crippen LogP contribution in [0.15, 0.2) is 22.7 Å². The van der Waals surface area contributed by atoms with Crippen molar-refractivity contribution in [3.63, 3.8) is 0 Å². The molecule has 94 valence electrons. The number of carboxylic acid groups (broad SMARTS) is 1. The summed E-state index contributed by atoms with van der Waals surface area (Å²) in [6, 6.07) is 5.77. The van der Waals surface area contributed by atoms with E-state index in [1.165, 1.54) is 4.68 Å². The quantitative estimate of drug-likeness (QED) is 0.932. The molecule has 1 N–H and O–H groups in total. The van der Waals surface area contributed by atoms with E-state index < -0.39 is 5.97 Å². The maximum absolute atomic E-state index is 10.6. The molecule has 0 radical (unpaired) electrons. The molecule has 0 spiro atoms. The van der Waals surface area contributed by atoms with Gasteiger partial charge >= 0.3 is 5.97 Å². The van der Waals surface area contributed by atoms with E-state index >= 15 is 0 Å². The van der Waals surface area contributed by atoms with Crippen molar-refractivity contribution in [2.24, 2.45) is 0 Å². The van der Waals surface area contributed by atoms with Crippen LogP contribution in [-0.4, -0.2) is 31.3 Å². The predicted octanol–water partition coefficient (Wildman–Crippen LogP) is 1.89. The van der Waals surface area contributed by atoms with E-state index in [0.717, 1.165) is 15.6 Å². The van der Waals surface area contributed by atoms with E-state index in [1.54, 1.807) is 0 Å².